The fraction of sp³-hybridized carbons (Fsp3) is 0.548. The van der Waals surface area contributed by atoms with Gasteiger partial charge in [-0.2, -0.15) is 0 Å². The number of rotatable bonds is 10. The second kappa shape index (κ2) is 13.3. The summed E-state index contributed by atoms with van der Waals surface area (Å²) in [7, 11) is 0. The van der Waals surface area contributed by atoms with Crippen LogP contribution in [0.5, 0.6) is 0 Å². The summed E-state index contributed by atoms with van der Waals surface area (Å²) in [4.78, 5) is 53.5. The molecule has 1 aliphatic heterocycles. The quantitative estimate of drug-likeness (QED) is 0.357. The molecular formula is C31H41N3O6. The highest BCUT2D eigenvalue weighted by Gasteiger charge is 2.40. The van der Waals surface area contributed by atoms with E-state index in [1.807, 2.05) is 36.4 Å². The van der Waals surface area contributed by atoms with Crippen molar-refractivity contribution in [1.82, 2.24) is 15.5 Å². The Morgan fingerprint density at radius 1 is 0.925 bits per heavy atom. The first-order valence-corrected chi connectivity index (χ1v) is 14.5. The Balaban J connectivity index is 1.52. The first-order chi connectivity index (χ1) is 19.2. The lowest BCUT2D eigenvalue weighted by molar-refractivity contribution is -0.150. The van der Waals surface area contributed by atoms with Crippen molar-refractivity contribution >= 4 is 34.5 Å². The van der Waals surface area contributed by atoms with Gasteiger partial charge in [0.15, 0.2) is 6.10 Å². The van der Waals surface area contributed by atoms with Gasteiger partial charge in [-0.25, -0.2) is 4.79 Å². The standard InChI is InChI=1S/C31H41N3O6/c1-19(2)26(27(35)31(39)40)33-29(37)25-13-8-16-34(25)30(38)24(17-20-9-4-3-5-10-20)32-28(36)23-15-14-21-11-6-7-12-22(21)18-23/h6-7,11-12,14-15,18-20,24-27,35H,3-5,8-10,13,16-17H2,1-2H3,(H,32,36)(H,33,37)(H,39,40)/t24-,25+,26?,27?/m1/s1. The normalized spacial score (nSPS) is 20.2. The number of aliphatic hydroxyl groups excluding tert-OH is 1. The fourth-order valence-corrected chi connectivity index (χ4v) is 6.08. The van der Waals surface area contributed by atoms with Gasteiger partial charge in [-0.15, -0.1) is 0 Å². The highest BCUT2D eigenvalue weighted by atomic mass is 16.4. The third kappa shape index (κ3) is 6.99. The monoisotopic (exact) mass is 551 g/mol. The van der Waals surface area contributed by atoms with Crippen molar-refractivity contribution in [2.24, 2.45) is 11.8 Å². The highest BCUT2D eigenvalue weighted by Crippen LogP contribution is 2.29. The van der Waals surface area contributed by atoms with Crippen LogP contribution in [0.15, 0.2) is 42.5 Å². The van der Waals surface area contributed by atoms with Crippen LogP contribution in [0.25, 0.3) is 10.8 Å². The molecule has 9 heteroatoms. The van der Waals surface area contributed by atoms with Crippen LogP contribution in [-0.2, 0) is 14.4 Å². The van der Waals surface area contributed by atoms with Gasteiger partial charge in [-0.05, 0) is 54.0 Å². The number of aliphatic carboxylic acids is 1. The lowest BCUT2D eigenvalue weighted by Crippen LogP contribution is -2.57. The summed E-state index contributed by atoms with van der Waals surface area (Å²) in [5.74, 6) is -2.54. The summed E-state index contributed by atoms with van der Waals surface area (Å²) in [6.45, 7) is 3.81. The third-order valence-electron chi connectivity index (χ3n) is 8.37. The molecule has 2 aromatic rings. The number of amides is 3. The molecule has 4 N–H and O–H groups in total. The number of benzene rings is 2. The van der Waals surface area contributed by atoms with Crippen molar-refractivity contribution in [3.05, 3.63) is 48.0 Å². The summed E-state index contributed by atoms with van der Waals surface area (Å²) in [5, 5.41) is 27.0. The predicted molar refractivity (Wildman–Crippen MR) is 152 cm³/mol. The molecule has 1 aliphatic carbocycles. The Bertz CT molecular complexity index is 1220. The maximum atomic E-state index is 14.0. The molecule has 4 rings (SSSR count). The summed E-state index contributed by atoms with van der Waals surface area (Å²) in [5.41, 5.74) is 0.471. The topological polar surface area (TPSA) is 136 Å². The zero-order valence-corrected chi connectivity index (χ0v) is 23.3. The van der Waals surface area contributed by atoms with Crippen LogP contribution in [-0.4, -0.2) is 69.6 Å². The molecule has 3 amide bonds. The summed E-state index contributed by atoms with van der Waals surface area (Å²) in [6.07, 6.45) is 5.18. The molecule has 4 atom stereocenters. The van der Waals surface area contributed by atoms with Crippen LogP contribution in [0.3, 0.4) is 0 Å². The van der Waals surface area contributed by atoms with Crippen LogP contribution in [0.1, 0.15) is 75.6 Å². The summed E-state index contributed by atoms with van der Waals surface area (Å²) >= 11 is 0. The van der Waals surface area contributed by atoms with E-state index in [0.29, 0.717) is 37.3 Å². The summed E-state index contributed by atoms with van der Waals surface area (Å²) in [6, 6.07) is 10.7. The molecule has 0 aromatic heterocycles. The SMILES string of the molecule is CC(C)C(NC(=O)[C@@H]1CCCN1C(=O)[C@@H](CC1CCCCC1)NC(=O)c1ccc2ccccc2c1)C(O)C(=O)O. The Morgan fingerprint density at radius 3 is 2.30 bits per heavy atom. The van der Waals surface area contributed by atoms with Crippen molar-refractivity contribution in [2.75, 3.05) is 6.54 Å². The van der Waals surface area contributed by atoms with Gasteiger partial charge < -0.3 is 25.7 Å². The molecule has 0 bridgehead atoms. The van der Waals surface area contributed by atoms with E-state index < -0.39 is 36.1 Å². The lowest BCUT2D eigenvalue weighted by atomic mass is 9.84. The average molecular weight is 552 g/mol. The lowest BCUT2D eigenvalue weighted by Gasteiger charge is -2.33. The Hall–Kier alpha value is -3.46. The maximum absolute atomic E-state index is 14.0. The molecule has 0 spiro atoms. The number of carbonyl (C=O) groups is 4. The maximum Gasteiger partial charge on any atom is 0.334 e. The predicted octanol–water partition coefficient (Wildman–Crippen LogP) is 3.49. The van der Waals surface area contributed by atoms with Gasteiger partial charge in [-0.1, -0.05) is 76.3 Å². The van der Waals surface area contributed by atoms with E-state index in [4.69, 9.17) is 0 Å². The summed E-state index contributed by atoms with van der Waals surface area (Å²) < 4.78 is 0. The second-order valence-electron chi connectivity index (χ2n) is 11.6. The Kier molecular flexibility index (Phi) is 9.79. The molecule has 2 aliphatic rings. The van der Waals surface area contributed by atoms with Crippen molar-refractivity contribution < 1.29 is 29.4 Å². The Morgan fingerprint density at radius 2 is 1.62 bits per heavy atom. The third-order valence-corrected chi connectivity index (χ3v) is 8.37. The Labute approximate surface area is 235 Å². The van der Waals surface area contributed by atoms with Gasteiger partial charge in [0.2, 0.25) is 11.8 Å². The number of hydrogen-bond donors (Lipinski definition) is 4. The number of aliphatic hydroxyl groups is 1. The largest absolute Gasteiger partial charge is 0.479 e. The number of hydrogen-bond acceptors (Lipinski definition) is 5. The van der Waals surface area contributed by atoms with Gasteiger partial charge in [0, 0.05) is 12.1 Å². The number of nitrogens with one attached hydrogen (secondary N) is 2. The molecule has 1 saturated heterocycles. The van der Waals surface area contributed by atoms with Crippen molar-refractivity contribution in [3.63, 3.8) is 0 Å². The smallest absolute Gasteiger partial charge is 0.334 e. The molecule has 1 saturated carbocycles. The molecule has 1 heterocycles. The van der Waals surface area contributed by atoms with Gasteiger partial charge in [-0.3, -0.25) is 14.4 Å². The second-order valence-corrected chi connectivity index (χ2v) is 11.6. The molecule has 216 valence electrons. The zero-order chi connectivity index (χ0) is 28.8. The van der Waals surface area contributed by atoms with Gasteiger partial charge >= 0.3 is 5.97 Å². The van der Waals surface area contributed by atoms with Gasteiger partial charge in [0.25, 0.3) is 5.91 Å². The first-order valence-electron chi connectivity index (χ1n) is 14.5. The van der Waals surface area contributed by atoms with Crippen LogP contribution in [0.2, 0.25) is 0 Å². The zero-order valence-electron chi connectivity index (χ0n) is 23.3. The number of nitrogens with zero attached hydrogens (tertiary/aromatic N) is 1. The molecular weight excluding hydrogens is 510 g/mol. The molecule has 2 aromatic carbocycles. The van der Waals surface area contributed by atoms with E-state index in [9.17, 15) is 29.4 Å². The van der Waals surface area contributed by atoms with E-state index in [1.54, 1.807) is 19.9 Å². The van der Waals surface area contributed by atoms with E-state index in [1.165, 1.54) is 11.3 Å². The van der Waals surface area contributed by atoms with Crippen LogP contribution in [0, 0.1) is 11.8 Å². The number of carboxylic acid groups (broad SMARTS) is 1. The molecule has 2 unspecified atom stereocenters. The first kappa shape index (κ1) is 29.5. The number of fused-ring (bicyclic) bond motifs is 1. The molecule has 9 nitrogen and oxygen atoms in total. The number of carbonyl (C=O) groups excluding carboxylic acids is 3. The van der Waals surface area contributed by atoms with Crippen molar-refractivity contribution in [2.45, 2.75) is 89.4 Å². The van der Waals surface area contributed by atoms with E-state index >= 15 is 0 Å². The minimum Gasteiger partial charge on any atom is -0.479 e. The van der Waals surface area contributed by atoms with Crippen LogP contribution >= 0.6 is 0 Å². The number of likely N-dealkylation sites (tertiary alicyclic amines) is 1. The van der Waals surface area contributed by atoms with Crippen LogP contribution < -0.4 is 10.6 Å². The van der Waals surface area contributed by atoms with Gasteiger partial charge in [0.05, 0.1) is 6.04 Å². The highest BCUT2D eigenvalue weighted by molar-refractivity contribution is 6.01. The minimum atomic E-state index is -1.75. The average Bonchev–Trinajstić information content (AvgIpc) is 3.45. The molecule has 40 heavy (non-hydrogen) atoms. The van der Waals surface area contributed by atoms with Crippen LogP contribution in [0.4, 0.5) is 0 Å². The van der Waals surface area contributed by atoms with Gasteiger partial charge in [0.1, 0.15) is 12.1 Å². The van der Waals surface area contributed by atoms with E-state index in [2.05, 4.69) is 10.6 Å². The van der Waals surface area contributed by atoms with E-state index in [0.717, 1.165) is 36.5 Å². The van der Waals surface area contributed by atoms with Crippen molar-refractivity contribution in [3.8, 4) is 0 Å². The minimum absolute atomic E-state index is 0.294. The van der Waals surface area contributed by atoms with Crippen molar-refractivity contribution in [1.29, 1.82) is 0 Å². The van der Waals surface area contributed by atoms with E-state index in [-0.39, 0.29) is 17.7 Å². The fourth-order valence-electron chi connectivity index (χ4n) is 6.08. The molecule has 0 radical (unpaired) electrons. The molecule has 2 fully saturated rings. The number of carboxylic acids is 1.